The van der Waals surface area contributed by atoms with E-state index in [4.69, 9.17) is 0 Å². The summed E-state index contributed by atoms with van der Waals surface area (Å²) in [6.07, 6.45) is 2.32. The van der Waals surface area contributed by atoms with Gasteiger partial charge in [0.05, 0.1) is 0 Å². The molecule has 5 rings (SSSR count). The summed E-state index contributed by atoms with van der Waals surface area (Å²) < 4.78 is 42.2. The summed E-state index contributed by atoms with van der Waals surface area (Å²) in [5.41, 5.74) is 1.68. The van der Waals surface area contributed by atoms with Crippen molar-refractivity contribution in [3.05, 3.63) is 70.5 Å². The molecule has 0 radical (unpaired) electrons. The Kier molecular flexibility index (Phi) is 5.07. The van der Waals surface area contributed by atoms with Crippen molar-refractivity contribution in [2.45, 2.75) is 42.7 Å². The van der Waals surface area contributed by atoms with E-state index in [1.807, 2.05) is 24.3 Å². The van der Waals surface area contributed by atoms with Gasteiger partial charge in [-0.25, -0.2) is 12.8 Å². The zero-order chi connectivity index (χ0) is 21.6. The van der Waals surface area contributed by atoms with Gasteiger partial charge in [-0.15, -0.1) is 10.2 Å². The number of fused-ring (bicyclic) bond motifs is 1. The van der Waals surface area contributed by atoms with E-state index in [9.17, 15) is 17.6 Å². The van der Waals surface area contributed by atoms with Crippen LogP contribution in [0.4, 0.5) is 9.52 Å². The Morgan fingerprint density at radius 2 is 1.77 bits per heavy atom. The minimum atomic E-state index is -4.26. The molecule has 0 unspecified atom stereocenters. The summed E-state index contributed by atoms with van der Waals surface area (Å²) in [6.45, 7) is -0.0195. The quantitative estimate of drug-likeness (QED) is 0.633. The maximum atomic E-state index is 14.4. The minimum absolute atomic E-state index is 0.0195. The van der Waals surface area contributed by atoms with Crippen molar-refractivity contribution in [1.29, 1.82) is 0 Å². The zero-order valence-electron chi connectivity index (χ0n) is 16.4. The average Bonchev–Trinajstić information content (AvgIpc) is 3.52. The summed E-state index contributed by atoms with van der Waals surface area (Å²) in [4.78, 5) is 12.7. The van der Waals surface area contributed by atoms with Gasteiger partial charge in [-0.1, -0.05) is 47.7 Å². The summed E-state index contributed by atoms with van der Waals surface area (Å²) in [5, 5.41) is 12.1. The molecular weight excluding hydrogens is 439 g/mol. The Balaban J connectivity index is 1.49. The summed E-state index contributed by atoms with van der Waals surface area (Å²) in [6, 6.07) is 11.5. The minimum Gasteiger partial charge on any atom is -0.299 e. The first-order valence-corrected chi connectivity index (χ1v) is 12.2. The lowest BCUT2D eigenvalue weighted by Crippen LogP contribution is -2.50. The van der Waals surface area contributed by atoms with Crippen molar-refractivity contribution >= 4 is 32.4 Å². The number of hydrogen-bond donors (Lipinski definition) is 1. The van der Waals surface area contributed by atoms with Gasteiger partial charge in [-0.2, -0.15) is 4.31 Å². The van der Waals surface area contributed by atoms with Crippen LogP contribution < -0.4 is 5.32 Å². The van der Waals surface area contributed by atoms with Crippen LogP contribution >= 0.6 is 11.3 Å². The Morgan fingerprint density at radius 3 is 2.52 bits per heavy atom. The van der Waals surface area contributed by atoms with Crippen molar-refractivity contribution in [1.82, 2.24) is 14.5 Å². The maximum Gasteiger partial charge on any atom is 0.247 e. The number of nitrogens with one attached hydrogen (secondary N) is 1. The highest BCUT2D eigenvalue weighted by Gasteiger charge is 2.41. The monoisotopic (exact) mass is 458 g/mol. The standard InChI is InChI=1S/C21H19FN4O3S2/c22-16-7-3-4-8-18(16)31(28,29)26-12-15-6-2-1-5-14(15)11-17(26)19(27)23-21-25-24-20(30-21)13-9-10-13/h1-8,13,17H,9-12H2,(H,23,25,27)/t17-/m0/s1. The van der Waals surface area contributed by atoms with E-state index in [0.717, 1.165) is 39.3 Å². The highest BCUT2D eigenvalue weighted by molar-refractivity contribution is 7.89. The Labute approximate surface area is 183 Å². The van der Waals surface area contributed by atoms with Crippen LogP contribution in [-0.4, -0.2) is 34.9 Å². The number of benzene rings is 2. The van der Waals surface area contributed by atoms with E-state index in [1.54, 1.807) is 0 Å². The first-order valence-electron chi connectivity index (χ1n) is 9.91. The van der Waals surface area contributed by atoms with Crippen LogP contribution in [0.5, 0.6) is 0 Å². The largest absolute Gasteiger partial charge is 0.299 e. The number of anilines is 1. The molecule has 2 aromatic carbocycles. The van der Waals surface area contributed by atoms with Crippen LogP contribution in [-0.2, 0) is 27.8 Å². The van der Waals surface area contributed by atoms with Crippen molar-refractivity contribution in [2.75, 3.05) is 5.32 Å². The molecule has 0 spiro atoms. The van der Waals surface area contributed by atoms with Crippen molar-refractivity contribution < 1.29 is 17.6 Å². The first kappa shape index (κ1) is 20.2. The van der Waals surface area contributed by atoms with Crippen molar-refractivity contribution in [3.63, 3.8) is 0 Å². The molecule has 3 aromatic rings. The second kappa shape index (κ2) is 7.77. The fourth-order valence-electron chi connectivity index (χ4n) is 3.72. The third-order valence-electron chi connectivity index (χ3n) is 5.53. The molecule has 10 heteroatoms. The van der Waals surface area contributed by atoms with Crippen LogP contribution in [0.3, 0.4) is 0 Å². The van der Waals surface area contributed by atoms with Gasteiger partial charge in [0.25, 0.3) is 0 Å². The summed E-state index contributed by atoms with van der Waals surface area (Å²) >= 11 is 1.31. The Hall–Kier alpha value is -2.69. The van der Waals surface area contributed by atoms with E-state index >= 15 is 0 Å². The highest BCUT2D eigenvalue weighted by Crippen LogP contribution is 2.42. The topological polar surface area (TPSA) is 92.3 Å². The number of hydrogen-bond acceptors (Lipinski definition) is 6. The Morgan fingerprint density at radius 1 is 1.06 bits per heavy atom. The Bertz CT molecular complexity index is 1260. The molecule has 1 fully saturated rings. The number of nitrogens with zero attached hydrogens (tertiary/aromatic N) is 3. The predicted octanol–water partition coefficient (Wildman–Crippen LogP) is 3.31. The van der Waals surface area contributed by atoms with Gasteiger partial charge in [0.15, 0.2) is 0 Å². The van der Waals surface area contributed by atoms with Crippen LogP contribution in [0.25, 0.3) is 0 Å². The fourth-order valence-corrected chi connectivity index (χ4v) is 6.27. The number of rotatable bonds is 5. The van der Waals surface area contributed by atoms with Crippen LogP contribution in [0, 0.1) is 5.82 Å². The van der Waals surface area contributed by atoms with E-state index in [-0.39, 0.29) is 13.0 Å². The molecule has 1 aliphatic carbocycles. The second-order valence-electron chi connectivity index (χ2n) is 7.68. The number of aromatic nitrogens is 2. The fraction of sp³-hybridized carbons (Fsp3) is 0.286. The van der Waals surface area contributed by atoms with Crippen LogP contribution in [0.1, 0.15) is 34.9 Å². The van der Waals surface area contributed by atoms with Gasteiger partial charge >= 0.3 is 0 Å². The molecule has 0 bridgehead atoms. The molecule has 1 atom stereocenters. The molecule has 1 saturated carbocycles. The predicted molar refractivity (Wildman–Crippen MR) is 114 cm³/mol. The average molecular weight is 459 g/mol. The van der Waals surface area contributed by atoms with Gasteiger partial charge in [0.2, 0.25) is 21.1 Å². The molecule has 1 N–H and O–H groups in total. The zero-order valence-corrected chi connectivity index (χ0v) is 18.0. The highest BCUT2D eigenvalue weighted by atomic mass is 32.2. The summed E-state index contributed by atoms with van der Waals surface area (Å²) in [7, 11) is -4.26. The van der Waals surface area contributed by atoms with Gasteiger partial charge in [-0.3, -0.25) is 10.1 Å². The van der Waals surface area contributed by atoms with Gasteiger partial charge in [0, 0.05) is 12.5 Å². The molecule has 7 nitrogen and oxygen atoms in total. The molecule has 31 heavy (non-hydrogen) atoms. The molecule has 0 saturated heterocycles. The van der Waals surface area contributed by atoms with Crippen LogP contribution in [0.15, 0.2) is 53.4 Å². The smallest absolute Gasteiger partial charge is 0.247 e. The number of halogens is 1. The van der Waals surface area contributed by atoms with Gasteiger partial charge in [-0.05, 0) is 42.5 Å². The summed E-state index contributed by atoms with van der Waals surface area (Å²) in [5.74, 6) is -0.950. The van der Waals surface area contributed by atoms with Crippen molar-refractivity contribution in [2.24, 2.45) is 0 Å². The molecule has 2 heterocycles. The molecule has 160 valence electrons. The van der Waals surface area contributed by atoms with E-state index < -0.39 is 32.7 Å². The normalized spacial score (nSPS) is 19.1. The van der Waals surface area contributed by atoms with E-state index in [2.05, 4.69) is 15.5 Å². The number of carbonyl (C=O) groups is 1. The lowest BCUT2D eigenvalue weighted by Gasteiger charge is -2.34. The maximum absolute atomic E-state index is 14.4. The van der Waals surface area contributed by atoms with E-state index in [1.165, 1.54) is 29.5 Å². The lowest BCUT2D eigenvalue weighted by molar-refractivity contribution is -0.120. The number of sulfonamides is 1. The molecular formula is C21H19FN4O3S2. The third-order valence-corrected chi connectivity index (χ3v) is 8.42. The third kappa shape index (κ3) is 3.86. The molecule has 1 amide bonds. The molecule has 2 aliphatic rings. The van der Waals surface area contributed by atoms with Gasteiger partial charge < -0.3 is 0 Å². The first-order chi connectivity index (χ1) is 14.9. The lowest BCUT2D eigenvalue weighted by atomic mass is 9.95. The second-order valence-corrected chi connectivity index (χ2v) is 10.5. The SMILES string of the molecule is O=C(Nc1nnc(C2CC2)s1)[C@@H]1Cc2ccccc2CN1S(=O)(=O)c1ccccc1F. The number of carbonyl (C=O) groups excluding carboxylic acids is 1. The molecule has 1 aromatic heterocycles. The van der Waals surface area contributed by atoms with Crippen molar-refractivity contribution in [3.8, 4) is 0 Å². The van der Waals surface area contributed by atoms with Crippen LogP contribution in [0.2, 0.25) is 0 Å². The molecule has 1 aliphatic heterocycles. The van der Waals surface area contributed by atoms with E-state index in [0.29, 0.717) is 11.0 Å². The van der Waals surface area contributed by atoms with Gasteiger partial charge in [0.1, 0.15) is 21.8 Å². The number of amides is 1.